The Labute approximate surface area is 61.6 Å². The second kappa shape index (κ2) is 2.06. The van der Waals surface area contributed by atoms with Gasteiger partial charge in [-0.15, -0.1) is 3.89 Å². The molecule has 0 amide bonds. The smallest absolute Gasteiger partial charge is 0.725 e. The van der Waals surface area contributed by atoms with Crippen molar-refractivity contribution in [3.63, 3.8) is 0 Å². The van der Waals surface area contributed by atoms with E-state index in [1.54, 1.807) is 0 Å². The van der Waals surface area contributed by atoms with E-state index in [1.165, 1.54) is 0 Å². The van der Waals surface area contributed by atoms with E-state index in [0.717, 1.165) is 0 Å². The molecule has 0 bridgehead atoms. The Balaban J connectivity index is 0. The summed E-state index contributed by atoms with van der Waals surface area (Å²) in [4.78, 5) is 0. The van der Waals surface area contributed by atoms with Gasteiger partial charge >= 0.3 is 29.6 Å². The predicted octanol–water partition coefficient (Wildman–Crippen LogP) is -3.23. The van der Waals surface area contributed by atoms with Crippen LogP contribution in [0.1, 0.15) is 0 Å². The molecule has 0 aromatic rings. The fourth-order valence-corrected chi connectivity index (χ4v) is 0. The summed E-state index contributed by atoms with van der Waals surface area (Å²) >= 11 is 0. The molecule has 2 N–H and O–H groups in total. The summed E-state index contributed by atoms with van der Waals surface area (Å²) in [7, 11) is -6.85. The van der Waals surface area contributed by atoms with Crippen molar-refractivity contribution in [1.29, 1.82) is 0 Å². The molecule has 4 nitrogen and oxygen atoms in total. The van der Waals surface area contributed by atoms with E-state index in [9.17, 15) is 3.89 Å². The fourth-order valence-electron chi connectivity index (χ4n) is 0. The van der Waals surface area contributed by atoms with Crippen LogP contribution in [0.5, 0.6) is 0 Å². The van der Waals surface area contributed by atoms with Crippen LogP contribution in [0.2, 0.25) is 0 Å². The maximum atomic E-state index is 10.5. The first-order valence-corrected chi connectivity index (χ1v) is 2.56. The van der Waals surface area contributed by atoms with Crippen molar-refractivity contribution in [1.82, 2.24) is 0 Å². The van der Waals surface area contributed by atoms with Crippen LogP contribution >= 0.6 is 0 Å². The van der Waals surface area contributed by atoms with Gasteiger partial charge in [-0.25, -0.2) is 4.21 Å². The molecule has 0 atom stereocenters. The zero-order valence-corrected chi connectivity index (χ0v) is 6.31. The Morgan fingerprint density at radius 3 is 1.57 bits per heavy atom. The summed E-state index contributed by atoms with van der Waals surface area (Å²) in [5.41, 5.74) is 0. The molecule has 0 radical (unpaired) electrons. The van der Waals surface area contributed by atoms with Crippen molar-refractivity contribution in [2.75, 3.05) is 0 Å². The van der Waals surface area contributed by atoms with E-state index in [0.29, 0.717) is 0 Å². The molecule has 0 unspecified atom stereocenters. The van der Waals surface area contributed by atoms with Crippen molar-refractivity contribution < 1.29 is 51.3 Å². The number of hydrogen-bond donors (Lipinski definition) is 2. The Kier molecular flexibility index (Phi) is 3.19. The van der Waals surface area contributed by atoms with Crippen LogP contribution in [0.4, 0.5) is 3.89 Å². The maximum Gasteiger partial charge on any atom is 1.00 e. The number of hydrogen-bond acceptors (Lipinski definition) is 2. The van der Waals surface area contributed by atoms with Gasteiger partial charge in [-0.2, -0.15) is 0 Å². The quantitative estimate of drug-likeness (QED) is 0.274. The summed E-state index contributed by atoms with van der Waals surface area (Å²) in [5.74, 6) is 0. The van der Waals surface area contributed by atoms with Gasteiger partial charge in [-0.1, -0.05) is 0 Å². The van der Waals surface area contributed by atoms with E-state index >= 15 is 0 Å². The average Bonchev–Trinajstić information content (AvgIpc) is 0.650. The molecule has 7 heteroatoms. The Morgan fingerprint density at radius 2 is 1.57 bits per heavy atom. The first kappa shape index (κ1) is 10.9. The van der Waals surface area contributed by atoms with Crippen molar-refractivity contribution in [3.8, 4) is 0 Å². The summed E-state index contributed by atoms with van der Waals surface area (Å²) in [5, 5.41) is 0. The van der Waals surface area contributed by atoms with Crippen LogP contribution in [0.15, 0.2) is 0 Å². The molecular formula is H2FNaO4S. The van der Waals surface area contributed by atoms with Gasteiger partial charge in [-0.05, 0) is 0 Å². The van der Waals surface area contributed by atoms with Gasteiger partial charge in [0.25, 0.3) is 0 Å². The van der Waals surface area contributed by atoms with E-state index in [2.05, 4.69) is 0 Å². The third-order valence-corrected chi connectivity index (χ3v) is 0. The Hall–Kier alpha value is 0.960. The number of rotatable bonds is 0. The maximum absolute atomic E-state index is 10.5. The van der Waals surface area contributed by atoms with Crippen molar-refractivity contribution in [2.24, 2.45) is 0 Å². The molecule has 0 spiro atoms. The van der Waals surface area contributed by atoms with Crippen LogP contribution in [0.25, 0.3) is 0 Å². The third-order valence-electron chi connectivity index (χ3n) is 0. The largest absolute Gasteiger partial charge is 1.00 e. The fraction of sp³-hybridized carbons (Fsp3) is 0. The summed E-state index contributed by atoms with van der Waals surface area (Å²) in [6, 6.07) is 0. The summed E-state index contributed by atoms with van der Waals surface area (Å²) < 4.78 is 41.6. The third kappa shape index (κ3) is 186. The summed E-state index contributed by atoms with van der Waals surface area (Å²) in [6.07, 6.45) is 0. The molecule has 0 aromatic carbocycles. The van der Waals surface area contributed by atoms with Crippen molar-refractivity contribution >= 4 is 10.3 Å². The minimum atomic E-state index is -6.85. The molecule has 0 aliphatic carbocycles. The molecule has 7 heavy (non-hydrogen) atoms. The SMILES string of the molecule is O=S([O-])(O)(O)F.[Na+]. The van der Waals surface area contributed by atoms with Crippen LogP contribution < -0.4 is 29.6 Å². The zero-order chi connectivity index (χ0) is 5.45. The van der Waals surface area contributed by atoms with Crippen LogP contribution in [0.3, 0.4) is 0 Å². The second-order valence-electron chi connectivity index (χ2n) is 0.712. The van der Waals surface area contributed by atoms with E-state index in [4.69, 9.17) is 17.9 Å². The van der Waals surface area contributed by atoms with E-state index in [1.807, 2.05) is 0 Å². The van der Waals surface area contributed by atoms with Crippen LogP contribution in [-0.4, -0.2) is 17.9 Å². The molecule has 0 saturated heterocycles. The molecular weight excluding hydrogens is 138 g/mol. The standard InChI is InChI=1S/FH3O4S.Na/c1-6(2,3,4)5;/h(H3,2,3,4,5);/q;+1/p-1. The van der Waals surface area contributed by atoms with Gasteiger partial charge < -0.3 is 4.55 Å². The Morgan fingerprint density at radius 1 is 1.57 bits per heavy atom. The summed E-state index contributed by atoms with van der Waals surface area (Å²) in [6.45, 7) is 0. The van der Waals surface area contributed by atoms with E-state index in [-0.39, 0.29) is 29.6 Å². The normalized spacial score (nSPS) is 16.3. The van der Waals surface area contributed by atoms with Crippen LogP contribution in [0, 0.1) is 0 Å². The van der Waals surface area contributed by atoms with E-state index < -0.39 is 10.3 Å². The first-order chi connectivity index (χ1) is 2.24. The van der Waals surface area contributed by atoms with Crippen LogP contribution in [-0.2, 0) is 10.3 Å². The number of halogens is 1. The van der Waals surface area contributed by atoms with Crippen molar-refractivity contribution in [3.05, 3.63) is 0 Å². The topological polar surface area (TPSA) is 80.6 Å². The minimum absolute atomic E-state index is 0. The van der Waals surface area contributed by atoms with Gasteiger partial charge in [0, 0.05) is 0 Å². The minimum Gasteiger partial charge on any atom is -0.725 e. The van der Waals surface area contributed by atoms with Gasteiger partial charge in [0.1, 0.15) is 0 Å². The molecule has 0 heterocycles. The molecule has 0 aromatic heterocycles. The zero-order valence-electron chi connectivity index (χ0n) is 3.50. The second-order valence-corrected chi connectivity index (χ2v) is 2.14. The predicted molar refractivity (Wildman–Crippen MR) is 15.3 cm³/mol. The molecule has 0 saturated carbocycles. The van der Waals surface area contributed by atoms with Gasteiger partial charge in [0.2, 0.25) is 0 Å². The average molecular weight is 140 g/mol. The first-order valence-electron chi connectivity index (χ1n) is 0.853. The molecule has 40 valence electrons. The van der Waals surface area contributed by atoms with Gasteiger partial charge in [0.05, 0.1) is 0 Å². The van der Waals surface area contributed by atoms with Gasteiger partial charge in [0.15, 0.2) is 10.3 Å². The molecule has 0 rings (SSSR count). The van der Waals surface area contributed by atoms with Crippen molar-refractivity contribution in [2.45, 2.75) is 0 Å². The Bertz CT molecular complexity index is 89.3. The molecule has 0 aliphatic heterocycles. The molecule has 0 fully saturated rings. The monoisotopic (exact) mass is 140 g/mol. The molecule has 0 aliphatic rings. The van der Waals surface area contributed by atoms with Gasteiger partial charge in [-0.3, -0.25) is 9.11 Å².